The van der Waals surface area contributed by atoms with Gasteiger partial charge in [0.25, 0.3) is 9.24 Å². The topological polar surface area (TPSA) is 58.2 Å². The zero-order valence-corrected chi connectivity index (χ0v) is 9.48. The molecule has 0 fully saturated rings. The predicted molar refractivity (Wildman–Crippen MR) is 60.1 cm³/mol. The Morgan fingerprint density at radius 2 is 2.13 bits per heavy atom. The van der Waals surface area contributed by atoms with Crippen LogP contribution < -0.4 is 10.0 Å². The van der Waals surface area contributed by atoms with E-state index in [2.05, 4.69) is 10.0 Å². The van der Waals surface area contributed by atoms with Crippen LogP contribution in [-0.4, -0.2) is 14.6 Å². The summed E-state index contributed by atoms with van der Waals surface area (Å²) in [5, 5.41) is 3.08. The molecular formula is C9H11ClN2O2S. The minimum Gasteiger partial charge on any atom is -0.369 e. The molecule has 2 N–H and O–H groups in total. The summed E-state index contributed by atoms with van der Waals surface area (Å²) in [6, 6.07) is 7.81. The lowest BCUT2D eigenvalue weighted by Crippen LogP contribution is -2.40. The third-order valence-corrected chi connectivity index (χ3v) is 3.17. The van der Waals surface area contributed by atoms with Crippen molar-refractivity contribution >= 4 is 25.6 Å². The number of halogens is 1. The zero-order chi connectivity index (χ0) is 10.9. The summed E-state index contributed by atoms with van der Waals surface area (Å²) >= 11 is 0. The highest BCUT2D eigenvalue weighted by atomic mass is 35.7. The Morgan fingerprint density at radius 1 is 1.40 bits per heavy atom. The molecule has 0 amide bonds. The normalized spacial score (nSPS) is 20.5. The van der Waals surface area contributed by atoms with Gasteiger partial charge in [0.2, 0.25) is 0 Å². The number of fused-ring (bicyclic) bond motifs is 1. The number of anilines is 1. The van der Waals surface area contributed by atoms with E-state index < -0.39 is 9.24 Å². The molecule has 6 heteroatoms. The van der Waals surface area contributed by atoms with Gasteiger partial charge in [-0.2, -0.15) is 13.1 Å². The minimum absolute atomic E-state index is 0.317. The number of para-hydroxylation sites is 1. The SMILES string of the molecule is O=S(=O)(Cl)NC1CCc2ccccc2N1. The Bertz CT molecular complexity index is 461. The summed E-state index contributed by atoms with van der Waals surface area (Å²) in [6.45, 7) is 0. The van der Waals surface area contributed by atoms with E-state index in [0.29, 0.717) is 6.42 Å². The first-order chi connectivity index (χ1) is 7.04. The molecule has 1 unspecified atom stereocenters. The van der Waals surface area contributed by atoms with Crippen molar-refractivity contribution in [3.05, 3.63) is 29.8 Å². The second-order valence-electron chi connectivity index (χ2n) is 3.45. The fraction of sp³-hybridized carbons (Fsp3) is 0.333. The van der Waals surface area contributed by atoms with Crippen LogP contribution in [0.1, 0.15) is 12.0 Å². The molecule has 0 saturated heterocycles. The van der Waals surface area contributed by atoms with Crippen LogP contribution in [0.2, 0.25) is 0 Å². The fourth-order valence-corrected chi connectivity index (χ4v) is 2.54. The summed E-state index contributed by atoms with van der Waals surface area (Å²) in [5.74, 6) is 0. The van der Waals surface area contributed by atoms with E-state index in [1.165, 1.54) is 5.56 Å². The summed E-state index contributed by atoms with van der Waals surface area (Å²) in [5.41, 5.74) is 2.16. The van der Waals surface area contributed by atoms with Crippen LogP contribution in [0, 0.1) is 0 Å². The Labute approximate surface area is 93.2 Å². The summed E-state index contributed by atoms with van der Waals surface area (Å²) in [6.07, 6.45) is 1.22. The van der Waals surface area contributed by atoms with Gasteiger partial charge in [-0.15, -0.1) is 0 Å². The quantitative estimate of drug-likeness (QED) is 0.777. The standard InChI is InChI=1S/C9H11ClN2O2S/c10-15(13,14)12-9-6-5-7-3-1-2-4-8(7)11-9/h1-4,9,11-12H,5-6H2. The van der Waals surface area contributed by atoms with Gasteiger partial charge in [-0.05, 0) is 24.5 Å². The second kappa shape index (κ2) is 4.00. The predicted octanol–water partition coefficient (Wildman–Crippen LogP) is 1.44. The van der Waals surface area contributed by atoms with Gasteiger partial charge < -0.3 is 5.32 Å². The number of hydrogen-bond acceptors (Lipinski definition) is 3. The largest absolute Gasteiger partial charge is 0.369 e. The third-order valence-electron chi connectivity index (χ3n) is 2.33. The fourth-order valence-electron chi connectivity index (χ4n) is 1.70. The molecule has 0 aliphatic carbocycles. The lowest BCUT2D eigenvalue weighted by molar-refractivity contribution is 0.557. The van der Waals surface area contributed by atoms with Gasteiger partial charge in [0.05, 0.1) is 6.17 Å². The van der Waals surface area contributed by atoms with Crippen LogP contribution in [0.4, 0.5) is 5.69 Å². The van der Waals surface area contributed by atoms with Gasteiger partial charge in [-0.1, -0.05) is 18.2 Å². The highest BCUT2D eigenvalue weighted by molar-refractivity contribution is 8.12. The van der Waals surface area contributed by atoms with E-state index in [1.807, 2.05) is 24.3 Å². The minimum atomic E-state index is -3.67. The van der Waals surface area contributed by atoms with E-state index in [1.54, 1.807) is 0 Å². The van der Waals surface area contributed by atoms with Gasteiger partial charge in [0, 0.05) is 16.4 Å². The van der Waals surface area contributed by atoms with Crippen molar-refractivity contribution in [3.8, 4) is 0 Å². The first-order valence-electron chi connectivity index (χ1n) is 4.61. The third kappa shape index (κ3) is 2.84. The molecule has 0 aromatic heterocycles. The maximum Gasteiger partial charge on any atom is 0.298 e. The molecule has 0 saturated carbocycles. The van der Waals surface area contributed by atoms with Crippen LogP contribution in [0.15, 0.2) is 24.3 Å². The maximum atomic E-state index is 10.8. The van der Waals surface area contributed by atoms with Crippen molar-refractivity contribution in [1.29, 1.82) is 0 Å². The van der Waals surface area contributed by atoms with Crippen molar-refractivity contribution in [2.75, 3.05) is 5.32 Å². The molecule has 82 valence electrons. The van der Waals surface area contributed by atoms with Gasteiger partial charge in [0.1, 0.15) is 0 Å². The summed E-state index contributed by atoms with van der Waals surface area (Å²) in [7, 11) is 1.45. The molecule has 0 bridgehead atoms. The summed E-state index contributed by atoms with van der Waals surface area (Å²) < 4.78 is 24.0. The number of aryl methyl sites for hydroxylation is 1. The van der Waals surface area contributed by atoms with Crippen molar-refractivity contribution < 1.29 is 8.42 Å². The lowest BCUT2D eigenvalue weighted by Gasteiger charge is -2.26. The van der Waals surface area contributed by atoms with Gasteiger partial charge in [0.15, 0.2) is 0 Å². The van der Waals surface area contributed by atoms with Crippen LogP contribution in [0.5, 0.6) is 0 Å². The monoisotopic (exact) mass is 246 g/mol. The van der Waals surface area contributed by atoms with Crippen LogP contribution in [-0.2, 0) is 15.7 Å². The van der Waals surface area contributed by atoms with Crippen LogP contribution in [0.25, 0.3) is 0 Å². The molecule has 1 heterocycles. The van der Waals surface area contributed by atoms with E-state index in [9.17, 15) is 8.42 Å². The van der Waals surface area contributed by atoms with E-state index >= 15 is 0 Å². The van der Waals surface area contributed by atoms with Gasteiger partial charge in [-0.3, -0.25) is 0 Å². The van der Waals surface area contributed by atoms with Crippen molar-refractivity contribution in [2.24, 2.45) is 0 Å². The Balaban J connectivity index is 2.12. The first-order valence-corrected chi connectivity index (χ1v) is 6.92. The number of rotatable bonds is 2. The molecule has 0 spiro atoms. The smallest absolute Gasteiger partial charge is 0.298 e. The van der Waals surface area contributed by atoms with Crippen molar-refractivity contribution in [2.45, 2.75) is 19.0 Å². The zero-order valence-electron chi connectivity index (χ0n) is 7.90. The molecule has 1 aliphatic rings. The molecule has 2 rings (SSSR count). The average Bonchev–Trinajstić information content (AvgIpc) is 2.15. The second-order valence-corrected chi connectivity index (χ2v) is 5.78. The Morgan fingerprint density at radius 3 is 2.87 bits per heavy atom. The molecule has 1 aromatic rings. The first kappa shape index (κ1) is 10.7. The van der Waals surface area contributed by atoms with Crippen LogP contribution >= 0.6 is 10.7 Å². The molecular weight excluding hydrogens is 236 g/mol. The number of benzene rings is 1. The van der Waals surface area contributed by atoms with E-state index in [4.69, 9.17) is 10.7 Å². The Hall–Kier alpha value is -0.780. The molecule has 4 nitrogen and oxygen atoms in total. The average molecular weight is 247 g/mol. The van der Waals surface area contributed by atoms with Crippen molar-refractivity contribution in [1.82, 2.24) is 4.72 Å². The summed E-state index contributed by atoms with van der Waals surface area (Å²) in [4.78, 5) is 0. The lowest BCUT2D eigenvalue weighted by atomic mass is 10.0. The number of hydrogen-bond donors (Lipinski definition) is 2. The number of nitrogens with one attached hydrogen (secondary N) is 2. The van der Waals surface area contributed by atoms with Crippen molar-refractivity contribution in [3.63, 3.8) is 0 Å². The molecule has 15 heavy (non-hydrogen) atoms. The molecule has 1 atom stereocenters. The maximum absolute atomic E-state index is 10.8. The van der Waals surface area contributed by atoms with E-state index in [-0.39, 0.29) is 6.17 Å². The highest BCUT2D eigenvalue weighted by Gasteiger charge is 2.20. The molecule has 0 radical (unpaired) electrons. The van der Waals surface area contributed by atoms with Crippen LogP contribution in [0.3, 0.4) is 0 Å². The highest BCUT2D eigenvalue weighted by Crippen LogP contribution is 2.23. The molecule has 1 aliphatic heterocycles. The Kier molecular flexibility index (Phi) is 2.86. The van der Waals surface area contributed by atoms with Gasteiger partial charge >= 0.3 is 0 Å². The van der Waals surface area contributed by atoms with E-state index in [0.717, 1.165) is 12.1 Å². The molecule has 1 aromatic carbocycles. The van der Waals surface area contributed by atoms with Gasteiger partial charge in [-0.25, -0.2) is 0 Å².